The fraction of sp³-hybridized carbons (Fsp3) is 0.286. The van der Waals surface area contributed by atoms with E-state index in [2.05, 4.69) is 6.58 Å². The third-order valence-corrected chi connectivity index (χ3v) is 3.63. The number of nitriles is 2. The van der Waals surface area contributed by atoms with Crippen molar-refractivity contribution in [1.29, 1.82) is 10.5 Å². The van der Waals surface area contributed by atoms with Crippen LogP contribution in [0.3, 0.4) is 0 Å². The van der Waals surface area contributed by atoms with Crippen molar-refractivity contribution in [3.63, 3.8) is 0 Å². The fourth-order valence-electron chi connectivity index (χ4n) is 2.07. The molecule has 0 heterocycles. The topological polar surface area (TPSA) is 47.6 Å². The van der Waals surface area contributed by atoms with Gasteiger partial charge < -0.3 is 0 Å². The lowest BCUT2D eigenvalue weighted by molar-refractivity contribution is -0.164. The van der Waals surface area contributed by atoms with Crippen LogP contribution < -0.4 is 0 Å². The predicted molar refractivity (Wildman–Crippen MR) is 73.7 cm³/mol. The van der Waals surface area contributed by atoms with Crippen molar-refractivity contribution < 1.29 is 13.2 Å². The third kappa shape index (κ3) is 3.32. The second-order valence-electron chi connectivity index (χ2n) is 4.30. The van der Waals surface area contributed by atoms with E-state index in [1.54, 1.807) is 0 Å². The van der Waals surface area contributed by atoms with Crippen molar-refractivity contribution in [2.45, 2.75) is 18.5 Å². The molecular weight excluding hydrogens is 324 g/mol. The Morgan fingerprint density at radius 2 is 1.67 bits per heavy atom. The standard InChI is InChI=1S/C14H9Cl2F3N2/c1-2-6-13(7-20,8-21)12(14(17,18)19)11-9(15)4-3-5-10(11)16/h2-5,12H,1,6H2. The first-order valence-corrected chi connectivity index (χ1v) is 6.43. The number of hydrogen-bond acceptors (Lipinski definition) is 2. The Morgan fingerprint density at radius 1 is 1.19 bits per heavy atom. The minimum Gasteiger partial charge on any atom is -0.197 e. The van der Waals surface area contributed by atoms with Crippen LogP contribution in [-0.2, 0) is 0 Å². The van der Waals surface area contributed by atoms with Crippen LogP contribution in [0.5, 0.6) is 0 Å². The molecule has 1 aromatic carbocycles. The van der Waals surface area contributed by atoms with E-state index in [-0.39, 0.29) is 10.0 Å². The molecule has 0 spiro atoms. The molecule has 0 saturated heterocycles. The molecule has 0 fully saturated rings. The summed E-state index contributed by atoms with van der Waals surface area (Å²) in [4.78, 5) is 0. The lowest BCUT2D eigenvalue weighted by Crippen LogP contribution is -2.36. The molecule has 1 aromatic rings. The molecule has 0 aliphatic carbocycles. The van der Waals surface area contributed by atoms with Crippen molar-refractivity contribution in [1.82, 2.24) is 0 Å². The number of alkyl halides is 3. The minimum absolute atomic E-state index is 0.247. The maximum absolute atomic E-state index is 13.5. The highest BCUT2D eigenvalue weighted by Crippen LogP contribution is 2.52. The molecule has 0 saturated carbocycles. The molecule has 0 N–H and O–H groups in total. The van der Waals surface area contributed by atoms with Crippen LogP contribution in [0.15, 0.2) is 30.9 Å². The number of nitrogens with zero attached hydrogens (tertiary/aromatic N) is 2. The van der Waals surface area contributed by atoms with Gasteiger partial charge in [0.25, 0.3) is 0 Å². The molecule has 1 atom stereocenters. The molecule has 0 bridgehead atoms. The Bertz CT molecular complexity index is 592. The van der Waals surface area contributed by atoms with Gasteiger partial charge in [-0.2, -0.15) is 23.7 Å². The second-order valence-corrected chi connectivity index (χ2v) is 5.11. The summed E-state index contributed by atoms with van der Waals surface area (Å²) in [5.74, 6) is -2.43. The van der Waals surface area contributed by atoms with E-state index in [4.69, 9.17) is 23.2 Å². The van der Waals surface area contributed by atoms with Crippen LogP contribution in [0.4, 0.5) is 13.2 Å². The molecule has 1 unspecified atom stereocenters. The first-order valence-electron chi connectivity index (χ1n) is 5.67. The number of rotatable bonds is 4. The smallest absolute Gasteiger partial charge is 0.197 e. The number of benzene rings is 1. The van der Waals surface area contributed by atoms with E-state index in [0.29, 0.717) is 0 Å². The number of halogens is 5. The van der Waals surface area contributed by atoms with E-state index in [1.165, 1.54) is 30.3 Å². The Labute approximate surface area is 130 Å². The van der Waals surface area contributed by atoms with E-state index >= 15 is 0 Å². The fourth-order valence-corrected chi connectivity index (χ4v) is 2.68. The van der Waals surface area contributed by atoms with Gasteiger partial charge in [0.1, 0.15) is 5.92 Å². The molecule has 0 aliphatic rings. The second kappa shape index (κ2) is 6.39. The van der Waals surface area contributed by atoms with Crippen molar-refractivity contribution in [3.8, 4) is 12.1 Å². The summed E-state index contributed by atoms with van der Waals surface area (Å²) < 4.78 is 40.5. The van der Waals surface area contributed by atoms with Gasteiger partial charge in [-0.1, -0.05) is 35.3 Å². The van der Waals surface area contributed by atoms with Crippen LogP contribution >= 0.6 is 23.2 Å². The lowest BCUT2D eigenvalue weighted by Gasteiger charge is -2.31. The average Bonchev–Trinajstić information content (AvgIpc) is 2.40. The van der Waals surface area contributed by atoms with Crippen LogP contribution in [0.25, 0.3) is 0 Å². The molecule has 0 aliphatic heterocycles. The number of allylic oxidation sites excluding steroid dienone is 1. The summed E-state index contributed by atoms with van der Waals surface area (Å²) in [5, 5.41) is 17.9. The molecule has 0 radical (unpaired) electrons. The largest absolute Gasteiger partial charge is 0.398 e. The summed E-state index contributed by atoms with van der Waals surface area (Å²) in [5.41, 5.74) is -2.85. The Kier molecular flexibility index (Phi) is 5.28. The quantitative estimate of drug-likeness (QED) is 0.707. The first-order chi connectivity index (χ1) is 9.73. The summed E-state index contributed by atoms with van der Waals surface area (Å²) in [6.07, 6.45) is -4.25. The predicted octanol–water partition coefficient (Wildman–Crippen LogP) is 5.25. The molecule has 0 amide bonds. The van der Waals surface area contributed by atoms with Crippen molar-refractivity contribution >= 4 is 23.2 Å². The van der Waals surface area contributed by atoms with Crippen LogP contribution in [0, 0.1) is 28.1 Å². The zero-order valence-corrected chi connectivity index (χ0v) is 12.1. The van der Waals surface area contributed by atoms with Gasteiger partial charge in [-0.05, 0) is 18.6 Å². The van der Waals surface area contributed by atoms with Gasteiger partial charge in [0.2, 0.25) is 0 Å². The molecule has 0 aromatic heterocycles. The van der Waals surface area contributed by atoms with E-state index in [9.17, 15) is 23.7 Å². The minimum atomic E-state index is -4.87. The van der Waals surface area contributed by atoms with Gasteiger partial charge in [-0.3, -0.25) is 0 Å². The lowest BCUT2D eigenvalue weighted by atomic mass is 9.71. The highest BCUT2D eigenvalue weighted by atomic mass is 35.5. The van der Waals surface area contributed by atoms with Gasteiger partial charge in [0, 0.05) is 15.6 Å². The van der Waals surface area contributed by atoms with Gasteiger partial charge in [0.05, 0.1) is 12.1 Å². The average molecular weight is 333 g/mol. The van der Waals surface area contributed by atoms with E-state index in [0.717, 1.165) is 6.08 Å². The molecule has 1 rings (SSSR count). The maximum atomic E-state index is 13.5. The summed E-state index contributed by atoms with van der Waals surface area (Å²) in [6, 6.07) is 6.76. The van der Waals surface area contributed by atoms with E-state index < -0.39 is 29.5 Å². The Hall–Kier alpha value is -1.69. The van der Waals surface area contributed by atoms with E-state index in [1.807, 2.05) is 0 Å². The Balaban J connectivity index is 3.70. The van der Waals surface area contributed by atoms with Crippen molar-refractivity contribution in [2.75, 3.05) is 0 Å². The van der Waals surface area contributed by atoms with Gasteiger partial charge >= 0.3 is 6.18 Å². The maximum Gasteiger partial charge on any atom is 0.398 e. The normalized spacial score (nSPS) is 13.1. The van der Waals surface area contributed by atoms with Crippen LogP contribution in [0.1, 0.15) is 17.9 Å². The zero-order chi connectivity index (χ0) is 16.3. The first kappa shape index (κ1) is 17.4. The third-order valence-electron chi connectivity index (χ3n) is 2.97. The molecule has 21 heavy (non-hydrogen) atoms. The SMILES string of the molecule is C=CCC(C#N)(C#N)C(c1c(Cl)cccc1Cl)C(F)(F)F. The van der Waals surface area contributed by atoms with Gasteiger partial charge in [0.15, 0.2) is 5.41 Å². The summed E-state index contributed by atoms with van der Waals surface area (Å²) in [6.45, 7) is 3.31. The van der Waals surface area contributed by atoms with Crippen molar-refractivity contribution in [2.24, 2.45) is 5.41 Å². The number of hydrogen-bond donors (Lipinski definition) is 0. The van der Waals surface area contributed by atoms with Gasteiger partial charge in [-0.25, -0.2) is 0 Å². The zero-order valence-electron chi connectivity index (χ0n) is 10.6. The van der Waals surface area contributed by atoms with Crippen molar-refractivity contribution in [3.05, 3.63) is 46.5 Å². The Morgan fingerprint density at radius 3 is 2.00 bits per heavy atom. The summed E-state index contributed by atoms with van der Waals surface area (Å²) >= 11 is 11.6. The highest BCUT2D eigenvalue weighted by molar-refractivity contribution is 6.36. The summed E-state index contributed by atoms with van der Waals surface area (Å²) in [7, 11) is 0. The monoisotopic (exact) mass is 332 g/mol. The van der Waals surface area contributed by atoms with Crippen LogP contribution in [-0.4, -0.2) is 6.18 Å². The van der Waals surface area contributed by atoms with Gasteiger partial charge in [-0.15, -0.1) is 6.58 Å². The highest BCUT2D eigenvalue weighted by Gasteiger charge is 2.56. The van der Waals surface area contributed by atoms with Crippen LogP contribution in [0.2, 0.25) is 10.0 Å². The molecule has 7 heteroatoms. The molecule has 2 nitrogen and oxygen atoms in total. The molecule has 110 valence electrons. The molecular formula is C14H9Cl2F3N2.